The molecule has 0 saturated carbocycles. The number of amides is 2. The van der Waals surface area contributed by atoms with Gasteiger partial charge in [-0.1, -0.05) is 30.3 Å². The van der Waals surface area contributed by atoms with E-state index in [4.69, 9.17) is 4.74 Å². The Morgan fingerprint density at radius 1 is 0.821 bits per heavy atom. The SMILES string of the molecule is CCN(CC)c1ccc(NC(=O)Nc2ccccc2Oc2ccccc2)cc1. The highest BCUT2D eigenvalue weighted by atomic mass is 16.5. The van der Waals surface area contributed by atoms with Gasteiger partial charge in [-0.15, -0.1) is 0 Å². The lowest BCUT2D eigenvalue weighted by Gasteiger charge is -2.21. The van der Waals surface area contributed by atoms with Crippen LogP contribution in [0.15, 0.2) is 78.9 Å². The standard InChI is InChI=1S/C23H25N3O2/c1-3-26(4-2)19-16-14-18(15-17-19)24-23(27)25-21-12-8-9-13-22(21)28-20-10-6-5-7-11-20/h5-17H,3-4H2,1-2H3,(H2,24,25,27). The van der Waals surface area contributed by atoms with E-state index in [0.29, 0.717) is 17.2 Å². The van der Waals surface area contributed by atoms with E-state index in [9.17, 15) is 4.79 Å². The molecule has 28 heavy (non-hydrogen) atoms. The molecule has 2 N–H and O–H groups in total. The lowest BCUT2D eigenvalue weighted by molar-refractivity contribution is 0.262. The summed E-state index contributed by atoms with van der Waals surface area (Å²) in [4.78, 5) is 14.7. The number of para-hydroxylation sites is 3. The predicted octanol–water partition coefficient (Wildman–Crippen LogP) is 5.97. The summed E-state index contributed by atoms with van der Waals surface area (Å²) < 4.78 is 5.88. The van der Waals surface area contributed by atoms with E-state index in [0.717, 1.165) is 24.5 Å². The summed E-state index contributed by atoms with van der Waals surface area (Å²) in [5, 5.41) is 5.71. The summed E-state index contributed by atoms with van der Waals surface area (Å²) in [6.45, 7) is 6.14. The van der Waals surface area contributed by atoms with Gasteiger partial charge >= 0.3 is 6.03 Å². The van der Waals surface area contributed by atoms with Crippen molar-refractivity contribution in [2.75, 3.05) is 28.6 Å². The lowest BCUT2D eigenvalue weighted by Crippen LogP contribution is -2.22. The highest BCUT2D eigenvalue weighted by molar-refractivity contribution is 6.00. The maximum Gasteiger partial charge on any atom is 0.323 e. The molecule has 5 heteroatoms. The van der Waals surface area contributed by atoms with Crippen molar-refractivity contribution in [3.8, 4) is 11.5 Å². The molecule has 0 radical (unpaired) electrons. The van der Waals surface area contributed by atoms with E-state index in [1.807, 2.05) is 72.8 Å². The van der Waals surface area contributed by atoms with Crippen LogP contribution in [0.1, 0.15) is 13.8 Å². The fourth-order valence-corrected chi connectivity index (χ4v) is 2.90. The highest BCUT2D eigenvalue weighted by Crippen LogP contribution is 2.29. The fraction of sp³-hybridized carbons (Fsp3) is 0.174. The van der Waals surface area contributed by atoms with Crippen molar-refractivity contribution in [3.63, 3.8) is 0 Å². The van der Waals surface area contributed by atoms with Crippen molar-refractivity contribution in [1.82, 2.24) is 0 Å². The van der Waals surface area contributed by atoms with Gasteiger partial charge in [0.2, 0.25) is 0 Å². The number of ether oxygens (including phenoxy) is 1. The van der Waals surface area contributed by atoms with Crippen molar-refractivity contribution >= 4 is 23.1 Å². The largest absolute Gasteiger partial charge is 0.455 e. The Balaban J connectivity index is 1.65. The number of hydrogen-bond donors (Lipinski definition) is 2. The minimum atomic E-state index is -0.320. The Morgan fingerprint density at radius 2 is 1.46 bits per heavy atom. The van der Waals surface area contributed by atoms with Crippen molar-refractivity contribution < 1.29 is 9.53 Å². The van der Waals surface area contributed by atoms with Crippen LogP contribution in [0.5, 0.6) is 11.5 Å². The van der Waals surface area contributed by atoms with Crippen LogP contribution < -0.4 is 20.3 Å². The molecule has 0 aromatic heterocycles. The van der Waals surface area contributed by atoms with Gasteiger partial charge in [0.05, 0.1) is 5.69 Å². The summed E-state index contributed by atoms with van der Waals surface area (Å²) in [6, 6.07) is 24.3. The molecule has 0 aliphatic rings. The molecular formula is C23H25N3O2. The van der Waals surface area contributed by atoms with Crippen molar-refractivity contribution in [2.45, 2.75) is 13.8 Å². The number of nitrogens with zero attached hydrogens (tertiary/aromatic N) is 1. The van der Waals surface area contributed by atoms with Gasteiger partial charge in [-0.05, 0) is 62.4 Å². The zero-order chi connectivity index (χ0) is 19.8. The first-order valence-electron chi connectivity index (χ1n) is 9.44. The Labute approximate surface area is 166 Å². The first-order chi connectivity index (χ1) is 13.7. The van der Waals surface area contributed by atoms with Crippen LogP contribution in [0.4, 0.5) is 21.9 Å². The van der Waals surface area contributed by atoms with Gasteiger partial charge in [0.15, 0.2) is 5.75 Å². The average Bonchev–Trinajstić information content (AvgIpc) is 2.72. The van der Waals surface area contributed by atoms with E-state index in [1.165, 1.54) is 0 Å². The van der Waals surface area contributed by atoms with Crippen molar-refractivity contribution in [2.24, 2.45) is 0 Å². The maximum absolute atomic E-state index is 12.4. The summed E-state index contributed by atoms with van der Waals surface area (Å²) in [7, 11) is 0. The lowest BCUT2D eigenvalue weighted by atomic mass is 10.2. The third-order valence-corrected chi connectivity index (χ3v) is 4.36. The molecule has 3 rings (SSSR count). The third kappa shape index (κ3) is 5.04. The first-order valence-corrected chi connectivity index (χ1v) is 9.44. The van der Waals surface area contributed by atoms with Gasteiger partial charge in [-0.3, -0.25) is 0 Å². The minimum Gasteiger partial charge on any atom is -0.455 e. The summed E-state index contributed by atoms with van der Waals surface area (Å²) >= 11 is 0. The second-order valence-electron chi connectivity index (χ2n) is 6.21. The van der Waals surface area contributed by atoms with E-state index in [1.54, 1.807) is 6.07 Å². The molecule has 0 aliphatic carbocycles. The molecule has 0 spiro atoms. The molecule has 0 atom stereocenters. The van der Waals surface area contributed by atoms with Gasteiger partial charge in [-0.25, -0.2) is 4.79 Å². The number of benzene rings is 3. The fourth-order valence-electron chi connectivity index (χ4n) is 2.90. The monoisotopic (exact) mass is 375 g/mol. The number of carbonyl (C=O) groups excluding carboxylic acids is 1. The number of hydrogen-bond acceptors (Lipinski definition) is 3. The maximum atomic E-state index is 12.4. The number of carbonyl (C=O) groups is 1. The molecule has 3 aromatic carbocycles. The van der Waals surface area contributed by atoms with Crippen LogP contribution in [-0.4, -0.2) is 19.1 Å². The quantitative estimate of drug-likeness (QED) is 0.535. The van der Waals surface area contributed by atoms with Gasteiger partial charge < -0.3 is 20.3 Å². The molecule has 5 nitrogen and oxygen atoms in total. The second-order valence-corrected chi connectivity index (χ2v) is 6.21. The molecule has 0 fully saturated rings. The molecule has 0 unspecified atom stereocenters. The number of nitrogens with one attached hydrogen (secondary N) is 2. The average molecular weight is 375 g/mol. The summed E-state index contributed by atoms with van der Waals surface area (Å²) in [5.41, 5.74) is 2.47. The van der Waals surface area contributed by atoms with Crippen LogP contribution in [0.2, 0.25) is 0 Å². The van der Waals surface area contributed by atoms with Crippen molar-refractivity contribution in [1.29, 1.82) is 0 Å². The highest BCUT2D eigenvalue weighted by Gasteiger charge is 2.09. The Morgan fingerprint density at radius 3 is 2.14 bits per heavy atom. The molecule has 3 aromatic rings. The molecule has 0 saturated heterocycles. The van der Waals surface area contributed by atoms with E-state index >= 15 is 0 Å². The minimum absolute atomic E-state index is 0.320. The van der Waals surface area contributed by atoms with Gasteiger partial charge in [0.1, 0.15) is 5.75 Å². The van der Waals surface area contributed by atoms with Gasteiger partial charge in [0.25, 0.3) is 0 Å². The smallest absolute Gasteiger partial charge is 0.323 e. The van der Waals surface area contributed by atoms with Crippen LogP contribution in [0.25, 0.3) is 0 Å². The Bertz CT molecular complexity index is 891. The molecule has 0 heterocycles. The number of urea groups is 1. The van der Waals surface area contributed by atoms with E-state index in [-0.39, 0.29) is 6.03 Å². The third-order valence-electron chi connectivity index (χ3n) is 4.36. The van der Waals surface area contributed by atoms with Crippen LogP contribution in [0.3, 0.4) is 0 Å². The molecular weight excluding hydrogens is 350 g/mol. The Hall–Kier alpha value is -3.47. The van der Waals surface area contributed by atoms with Crippen LogP contribution in [-0.2, 0) is 0 Å². The van der Waals surface area contributed by atoms with Gasteiger partial charge in [0, 0.05) is 24.5 Å². The molecule has 144 valence electrons. The zero-order valence-corrected chi connectivity index (χ0v) is 16.2. The van der Waals surface area contributed by atoms with Crippen molar-refractivity contribution in [3.05, 3.63) is 78.9 Å². The number of rotatable bonds is 7. The van der Waals surface area contributed by atoms with Crippen LogP contribution in [0, 0.1) is 0 Å². The van der Waals surface area contributed by atoms with Crippen LogP contribution >= 0.6 is 0 Å². The molecule has 0 bridgehead atoms. The van der Waals surface area contributed by atoms with Gasteiger partial charge in [-0.2, -0.15) is 0 Å². The normalized spacial score (nSPS) is 10.2. The number of anilines is 3. The Kier molecular flexibility index (Phi) is 6.52. The second kappa shape index (κ2) is 9.46. The first kappa shape index (κ1) is 19.3. The summed E-state index contributed by atoms with van der Waals surface area (Å²) in [5.74, 6) is 1.30. The summed E-state index contributed by atoms with van der Waals surface area (Å²) in [6.07, 6.45) is 0. The molecule has 2 amide bonds. The van der Waals surface area contributed by atoms with E-state index < -0.39 is 0 Å². The predicted molar refractivity (Wildman–Crippen MR) is 116 cm³/mol. The zero-order valence-electron chi connectivity index (χ0n) is 16.2. The van der Waals surface area contributed by atoms with E-state index in [2.05, 4.69) is 29.4 Å². The topological polar surface area (TPSA) is 53.6 Å². The molecule has 0 aliphatic heterocycles.